The van der Waals surface area contributed by atoms with Crippen LogP contribution in [0.4, 0.5) is 13.2 Å². The molecule has 4 nitrogen and oxygen atoms in total. The van der Waals surface area contributed by atoms with Crippen molar-refractivity contribution in [3.63, 3.8) is 0 Å². The summed E-state index contributed by atoms with van der Waals surface area (Å²) >= 11 is 0. The molecule has 0 aliphatic rings. The summed E-state index contributed by atoms with van der Waals surface area (Å²) in [6.07, 6.45) is 1.76. The molecule has 0 saturated carbocycles. The molecule has 0 saturated heterocycles. The van der Waals surface area contributed by atoms with Gasteiger partial charge in [0.05, 0.1) is 5.56 Å². The van der Waals surface area contributed by atoms with Gasteiger partial charge in [-0.2, -0.15) is 8.78 Å². The van der Waals surface area contributed by atoms with Crippen molar-refractivity contribution in [2.75, 3.05) is 0 Å². The molecule has 0 atom stereocenters. The van der Waals surface area contributed by atoms with Crippen LogP contribution in [0.2, 0.25) is 0 Å². The van der Waals surface area contributed by atoms with Crippen molar-refractivity contribution in [2.45, 2.75) is 6.61 Å². The Bertz CT molecular complexity index is 497. The molecule has 1 rings (SSSR count). The summed E-state index contributed by atoms with van der Waals surface area (Å²) in [5.74, 6) is -2.91. The molecule has 0 amide bonds. The van der Waals surface area contributed by atoms with Gasteiger partial charge in [0.15, 0.2) is 6.29 Å². The highest BCUT2D eigenvalue weighted by Crippen LogP contribution is 2.25. The number of hydrogen-bond acceptors (Lipinski definition) is 3. The number of halogens is 3. The van der Waals surface area contributed by atoms with Crippen molar-refractivity contribution >= 4 is 18.3 Å². The molecule has 7 heteroatoms. The fourth-order valence-electron chi connectivity index (χ4n) is 1.17. The molecule has 0 fully saturated rings. The fraction of sp³-hybridized carbons (Fsp3) is 0.0909. The number of rotatable bonds is 5. The van der Waals surface area contributed by atoms with E-state index in [0.717, 1.165) is 12.1 Å². The first-order chi connectivity index (χ1) is 8.43. The number of ether oxygens (including phenoxy) is 1. The molecule has 1 N–H and O–H groups in total. The summed E-state index contributed by atoms with van der Waals surface area (Å²) in [5.41, 5.74) is -0.525. The second-order valence-corrected chi connectivity index (χ2v) is 3.08. The third-order valence-electron chi connectivity index (χ3n) is 1.88. The molecule has 96 valence electrons. The van der Waals surface area contributed by atoms with Crippen LogP contribution in [0.3, 0.4) is 0 Å². The van der Waals surface area contributed by atoms with Crippen LogP contribution in [0.15, 0.2) is 18.2 Å². The van der Waals surface area contributed by atoms with E-state index in [-0.39, 0.29) is 17.4 Å². The SMILES string of the molecule is O=Cc1cc(/C=C/C(=O)O)c(OC(F)F)cc1F. The van der Waals surface area contributed by atoms with Gasteiger partial charge in [-0.15, -0.1) is 0 Å². The number of benzene rings is 1. The highest BCUT2D eigenvalue weighted by molar-refractivity contribution is 5.87. The zero-order valence-electron chi connectivity index (χ0n) is 8.77. The summed E-state index contributed by atoms with van der Waals surface area (Å²) in [6, 6.07) is 1.51. The van der Waals surface area contributed by atoms with Crippen molar-refractivity contribution in [1.29, 1.82) is 0 Å². The van der Waals surface area contributed by atoms with E-state index in [1.807, 2.05) is 0 Å². The van der Waals surface area contributed by atoms with E-state index in [1.54, 1.807) is 0 Å². The minimum atomic E-state index is -3.19. The quantitative estimate of drug-likeness (QED) is 0.652. The normalized spacial score (nSPS) is 10.9. The molecule has 18 heavy (non-hydrogen) atoms. The number of carbonyl (C=O) groups excluding carboxylic acids is 1. The monoisotopic (exact) mass is 260 g/mol. The third kappa shape index (κ3) is 3.62. The van der Waals surface area contributed by atoms with Crippen molar-refractivity contribution in [3.05, 3.63) is 35.2 Å². The second kappa shape index (κ2) is 5.85. The van der Waals surface area contributed by atoms with E-state index in [9.17, 15) is 22.8 Å². The zero-order chi connectivity index (χ0) is 13.7. The summed E-state index contributed by atoms with van der Waals surface area (Å²) in [7, 11) is 0. The molecule has 0 aromatic heterocycles. The van der Waals surface area contributed by atoms with Crippen LogP contribution in [0.25, 0.3) is 6.08 Å². The van der Waals surface area contributed by atoms with Crippen molar-refractivity contribution < 1.29 is 32.6 Å². The summed E-state index contributed by atoms with van der Waals surface area (Å²) in [6.45, 7) is -3.19. The minimum absolute atomic E-state index is 0.138. The van der Waals surface area contributed by atoms with Gasteiger partial charge in [-0.3, -0.25) is 4.79 Å². The smallest absolute Gasteiger partial charge is 0.387 e. The van der Waals surface area contributed by atoms with E-state index in [4.69, 9.17) is 5.11 Å². The topological polar surface area (TPSA) is 63.6 Å². The third-order valence-corrected chi connectivity index (χ3v) is 1.88. The summed E-state index contributed by atoms with van der Waals surface area (Å²) in [4.78, 5) is 20.8. The highest BCUT2D eigenvalue weighted by Gasteiger charge is 2.13. The number of aldehydes is 1. The molecular formula is C11H7F3O4. The first-order valence-corrected chi connectivity index (χ1v) is 4.58. The Hall–Kier alpha value is -2.31. The van der Waals surface area contributed by atoms with Gasteiger partial charge in [0.25, 0.3) is 0 Å². The molecule has 1 aromatic carbocycles. The molecule has 0 heterocycles. The van der Waals surface area contributed by atoms with Crippen LogP contribution in [-0.4, -0.2) is 24.0 Å². The van der Waals surface area contributed by atoms with Gasteiger partial charge in [-0.25, -0.2) is 9.18 Å². The number of carboxylic acid groups (broad SMARTS) is 1. The predicted molar refractivity (Wildman–Crippen MR) is 55.1 cm³/mol. The Balaban J connectivity index is 3.24. The maximum Gasteiger partial charge on any atom is 0.387 e. The molecule has 1 aromatic rings. The maximum absolute atomic E-state index is 13.2. The lowest BCUT2D eigenvalue weighted by Crippen LogP contribution is -2.05. The number of carbonyl (C=O) groups is 2. The molecule has 0 bridgehead atoms. The lowest BCUT2D eigenvalue weighted by atomic mass is 10.1. The molecule has 0 radical (unpaired) electrons. The Morgan fingerprint density at radius 1 is 1.33 bits per heavy atom. The highest BCUT2D eigenvalue weighted by atomic mass is 19.3. The Morgan fingerprint density at radius 3 is 2.50 bits per heavy atom. The Morgan fingerprint density at radius 2 is 2.00 bits per heavy atom. The van der Waals surface area contributed by atoms with E-state index in [0.29, 0.717) is 12.1 Å². The van der Waals surface area contributed by atoms with Crippen molar-refractivity contribution in [3.8, 4) is 5.75 Å². The average Bonchev–Trinajstić information content (AvgIpc) is 2.27. The average molecular weight is 260 g/mol. The maximum atomic E-state index is 13.2. The fourth-order valence-corrected chi connectivity index (χ4v) is 1.17. The first kappa shape index (κ1) is 13.8. The molecule has 0 spiro atoms. The number of carboxylic acids is 1. The van der Waals surface area contributed by atoms with Crippen molar-refractivity contribution in [2.24, 2.45) is 0 Å². The van der Waals surface area contributed by atoms with Gasteiger partial charge >= 0.3 is 12.6 Å². The molecule has 0 aliphatic carbocycles. The predicted octanol–water partition coefficient (Wildman–Crippen LogP) is 2.34. The van der Waals surface area contributed by atoms with Crippen LogP contribution in [0, 0.1) is 5.82 Å². The minimum Gasteiger partial charge on any atom is -0.478 e. The van der Waals surface area contributed by atoms with Crippen LogP contribution in [0.5, 0.6) is 5.75 Å². The number of hydrogen-bond donors (Lipinski definition) is 1. The summed E-state index contributed by atoms with van der Waals surface area (Å²) < 4.78 is 41.3. The molecular weight excluding hydrogens is 253 g/mol. The standard InChI is InChI=1S/C11H7F3O4/c12-8-4-9(18-11(13)14)6(1-2-10(16)17)3-7(8)5-15/h1-5,11H,(H,16,17)/b2-1+. The van der Waals surface area contributed by atoms with Crippen molar-refractivity contribution in [1.82, 2.24) is 0 Å². The van der Waals surface area contributed by atoms with E-state index < -0.39 is 24.1 Å². The lowest BCUT2D eigenvalue weighted by molar-refractivity contribution is -0.131. The van der Waals surface area contributed by atoms with Crippen LogP contribution in [0.1, 0.15) is 15.9 Å². The van der Waals surface area contributed by atoms with E-state index >= 15 is 0 Å². The molecule has 0 aliphatic heterocycles. The van der Waals surface area contributed by atoms with Crippen LogP contribution >= 0.6 is 0 Å². The van der Waals surface area contributed by atoms with Gasteiger partial charge < -0.3 is 9.84 Å². The lowest BCUT2D eigenvalue weighted by Gasteiger charge is -2.09. The van der Waals surface area contributed by atoms with Gasteiger partial charge in [0.2, 0.25) is 0 Å². The van der Waals surface area contributed by atoms with E-state index in [2.05, 4.69) is 4.74 Å². The van der Waals surface area contributed by atoms with Gasteiger partial charge in [-0.1, -0.05) is 0 Å². The number of aliphatic carboxylic acids is 1. The van der Waals surface area contributed by atoms with Crippen LogP contribution in [-0.2, 0) is 4.79 Å². The first-order valence-electron chi connectivity index (χ1n) is 4.58. The van der Waals surface area contributed by atoms with Gasteiger partial charge in [0, 0.05) is 17.7 Å². The zero-order valence-corrected chi connectivity index (χ0v) is 8.77. The molecule has 0 unspecified atom stereocenters. The summed E-state index contributed by atoms with van der Waals surface area (Å²) in [5, 5.41) is 8.41. The van der Waals surface area contributed by atoms with E-state index in [1.165, 1.54) is 0 Å². The van der Waals surface area contributed by atoms with Gasteiger partial charge in [-0.05, 0) is 12.1 Å². The second-order valence-electron chi connectivity index (χ2n) is 3.08. The number of alkyl halides is 2. The largest absolute Gasteiger partial charge is 0.478 e. The van der Waals surface area contributed by atoms with Gasteiger partial charge in [0.1, 0.15) is 11.6 Å². The van der Waals surface area contributed by atoms with Crippen LogP contribution < -0.4 is 4.74 Å². The Labute approximate surface area is 99.3 Å². The Kier molecular flexibility index (Phi) is 4.47.